The zero-order valence-electron chi connectivity index (χ0n) is 18.3. The quantitative estimate of drug-likeness (QED) is 0.191. The minimum Gasteiger partial charge on any atom is -0.488 e. The van der Waals surface area contributed by atoms with Crippen LogP contribution < -0.4 is 10.2 Å². The van der Waals surface area contributed by atoms with Crippen LogP contribution in [0.2, 0.25) is 0 Å². The maximum atomic E-state index is 12.4. The first-order valence-corrected chi connectivity index (χ1v) is 11.8. The number of carbonyl (C=O) groups excluding carboxylic acids is 1. The molecule has 0 atom stereocenters. The predicted octanol–water partition coefficient (Wildman–Crippen LogP) is 6.42. The van der Waals surface area contributed by atoms with Crippen LogP contribution in [0.4, 0.5) is 0 Å². The van der Waals surface area contributed by atoms with E-state index in [0.29, 0.717) is 12.2 Å². The summed E-state index contributed by atoms with van der Waals surface area (Å²) in [5, 5.41) is 4.05. The SMILES string of the molecule is CSc1ccc(C=NNC(=O)c2ccc(COc3ccccc3-c3ccccc3)cc2)cc1. The lowest BCUT2D eigenvalue weighted by atomic mass is 10.0. The van der Waals surface area contributed by atoms with Gasteiger partial charge in [-0.3, -0.25) is 4.79 Å². The summed E-state index contributed by atoms with van der Waals surface area (Å²) in [6.07, 6.45) is 3.67. The summed E-state index contributed by atoms with van der Waals surface area (Å²) in [6.45, 7) is 0.413. The highest BCUT2D eigenvalue weighted by Gasteiger charge is 2.07. The molecule has 0 unspecified atom stereocenters. The molecule has 0 spiro atoms. The number of nitrogens with zero attached hydrogens (tertiary/aromatic N) is 1. The Balaban J connectivity index is 1.34. The van der Waals surface area contributed by atoms with Gasteiger partial charge in [-0.15, -0.1) is 11.8 Å². The second-order valence-corrected chi connectivity index (χ2v) is 8.20. The van der Waals surface area contributed by atoms with Crippen LogP contribution in [-0.2, 0) is 6.61 Å². The van der Waals surface area contributed by atoms with Crippen molar-refractivity contribution >= 4 is 23.9 Å². The summed E-state index contributed by atoms with van der Waals surface area (Å²) < 4.78 is 6.08. The van der Waals surface area contributed by atoms with Crippen LogP contribution in [0.15, 0.2) is 113 Å². The van der Waals surface area contributed by atoms with Crippen LogP contribution in [0, 0.1) is 0 Å². The molecule has 0 saturated carbocycles. The van der Waals surface area contributed by atoms with Gasteiger partial charge in [0, 0.05) is 16.0 Å². The highest BCUT2D eigenvalue weighted by molar-refractivity contribution is 7.98. The molecular formula is C28H24N2O2S. The number of carbonyl (C=O) groups is 1. The summed E-state index contributed by atoms with van der Waals surface area (Å²) in [6, 6.07) is 33.5. The number of hydrazone groups is 1. The zero-order valence-corrected chi connectivity index (χ0v) is 19.1. The average molecular weight is 453 g/mol. The molecule has 33 heavy (non-hydrogen) atoms. The number of rotatable bonds is 8. The number of nitrogens with one attached hydrogen (secondary N) is 1. The first-order chi connectivity index (χ1) is 16.2. The van der Waals surface area contributed by atoms with Gasteiger partial charge >= 0.3 is 0 Å². The van der Waals surface area contributed by atoms with E-state index in [1.54, 1.807) is 30.1 Å². The molecule has 4 aromatic rings. The summed E-state index contributed by atoms with van der Waals surface area (Å²) in [4.78, 5) is 13.6. The Morgan fingerprint density at radius 2 is 1.58 bits per heavy atom. The van der Waals surface area contributed by atoms with Crippen molar-refractivity contribution in [1.82, 2.24) is 5.43 Å². The van der Waals surface area contributed by atoms with Crippen molar-refractivity contribution in [2.75, 3.05) is 6.26 Å². The molecule has 5 heteroatoms. The van der Waals surface area contributed by atoms with Crippen molar-refractivity contribution in [1.29, 1.82) is 0 Å². The van der Waals surface area contributed by atoms with Gasteiger partial charge in [-0.1, -0.05) is 72.8 Å². The van der Waals surface area contributed by atoms with E-state index in [4.69, 9.17) is 4.74 Å². The van der Waals surface area contributed by atoms with Gasteiger partial charge in [0.25, 0.3) is 5.91 Å². The molecule has 0 heterocycles. The Bertz CT molecular complexity index is 1220. The van der Waals surface area contributed by atoms with E-state index < -0.39 is 0 Å². The second-order valence-electron chi connectivity index (χ2n) is 7.32. The van der Waals surface area contributed by atoms with E-state index in [1.165, 1.54) is 4.90 Å². The molecule has 1 N–H and O–H groups in total. The second kappa shape index (κ2) is 11.2. The molecule has 0 aliphatic rings. The number of para-hydroxylation sites is 1. The number of amides is 1. The van der Waals surface area contributed by atoms with Gasteiger partial charge in [0.2, 0.25) is 0 Å². The lowest BCUT2D eigenvalue weighted by Gasteiger charge is -2.12. The van der Waals surface area contributed by atoms with Gasteiger partial charge in [0.05, 0.1) is 6.21 Å². The highest BCUT2D eigenvalue weighted by Crippen LogP contribution is 2.30. The molecule has 0 radical (unpaired) electrons. The third-order valence-electron chi connectivity index (χ3n) is 5.08. The van der Waals surface area contributed by atoms with Crippen LogP contribution in [0.5, 0.6) is 5.75 Å². The molecule has 0 fully saturated rings. The highest BCUT2D eigenvalue weighted by atomic mass is 32.2. The number of thioether (sulfide) groups is 1. The first-order valence-electron chi connectivity index (χ1n) is 10.6. The summed E-state index contributed by atoms with van der Waals surface area (Å²) in [5.74, 6) is 0.569. The molecule has 4 nitrogen and oxygen atoms in total. The van der Waals surface area contributed by atoms with Crippen LogP contribution in [0.3, 0.4) is 0 Å². The molecule has 4 rings (SSSR count). The van der Waals surface area contributed by atoms with E-state index in [1.807, 2.05) is 79.1 Å². The zero-order chi connectivity index (χ0) is 22.9. The van der Waals surface area contributed by atoms with E-state index in [-0.39, 0.29) is 5.91 Å². The fourth-order valence-electron chi connectivity index (χ4n) is 3.28. The van der Waals surface area contributed by atoms with Gasteiger partial charge in [0.1, 0.15) is 12.4 Å². The van der Waals surface area contributed by atoms with Crippen LogP contribution in [0.1, 0.15) is 21.5 Å². The van der Waals surface area contributed by atoms with Gasteiger partial charge in [0.15, 0.2) is 0 Å². The molecule has 0 saturated heterocycles. The molecule has 0 bridgehead atoms. The first kappa shape index (κ1) is 22.4. The van der Waals surface area contributed by atoms with Crippen LogP contribution >= 0.6 is 11.8 Å². The summed E-state index contributed by atoms with van der Waals surface area (Å²) in [7, 11) is 0. The van der Waals surface area contributed by atoms with E-state index in [0.717, 1.165) is 28.0 Å². The average Bonchev–Trinajstić information content (AvgIpc) is 2.89. The smallest absolute Gasteiger partial charge is 0.271 e. The normalized spacial score (nSPS) is 10.8. The lowest BCUT2D eigenvalue weighted by molar-refractivity contribution is 0.0955. The number of benzene rings is 4. The largest absolute Gasteiger partial charge is 0.488 e. The molecule has 4 aromatic carbocycles. The van der Waals surface area contributed by atoms with Crippen LogP contribution in [-0.4, -0.2) is 18.4 Å². The monoisotopic (exact) mass is 452 g/mol. The van der Waals surface area contributed by atoms with Crippen LogP contribution in [0.25, 0.3) is 11.1 Å². The molecule has 164 valence electrons. The minimum absolute atomic E-state index is 0.256. The Kier molecular flexibility index (Phi) is 7.56. The van der Waals surface area contributed by atoms with Gasteiger partial charge in [-0.25, -0.2) is 5.43 Å². The third-order valence-corrected chi connectivity index (χ3v) is 5.82. The topological polar surface area (TPSA) is 50.7 Å². The molecule has 1 amide bonds. The fourth-order valence-corrected chi connectivity index (χ4v) is 3.69. The molecular weight excluding hydrogens is 428 g/mol. The van der Waals surface area contributed by atoms with Crippen molar-refractivity contribution in [3.8, 4) is 16.9 Å². The van der Waals surface area contributed by atoms with Crippen molar-refractivity contribution in [2.24, 2.45) is 5.10 Å². The summed E-state index contributed by atoms with van der Waals surface area (Å²) >= 11 is 1.68. The van der Waals surface area contributed by atoms with Crippen molar-refractivity contribution in [3.05, 3.63) is 120 Å². The Hall–Kier alpha value is -3.83. The Labute approximate surface area is 198 Å². The standard InChI is InChI=1S/C28H24N2O2S/c1-33-25-17-13-21(14-18-25)19-29-30-28(31)24-15-11-22(12-16-24)20-32-27-10-6-5-9-26(27)23-7-3-2-4-8-23/h2-19H,20H2,1H3,(H,30,31). The molecule has 0 aromatic heterocycles. The van der Waals surface area contributed by atoms with Gasteiger partial charge in [-0.05, 0) is 53.3 Å². The predicted molar refractivity (Wildman–Crippen MR) is 136 cm³/mol. The van der Waals surface area contributed by atoms with Crippen molar-refractivity contribution < 1.29 is 9.53 Å². The van der Waals surface area contributed by atoms with Gasteiger partial charge in [-0.2, -0.15) is 5.10 Å². The van der Waals surface area contributed by atoms with Gasteiger partial charge < -0.3 is 4.74 Å². The fraction of sp³-hybridized carbons (Fsp3) is 0.0714. The summed E-state index contributed by atoms with van der Waals surface area (Å²) in [5.41, 5.74) is 7.18. The number of hydrogen-bond acceptors (Lipinski definition) is 4. The van der Waals surface area contributed by atoms with Crippen molar-refractivity contribution in [3.63, 3.8) is 0 Å². The van der Waals surface area contributed by atoms with E-state index >= 15 is 0 Å². The maximum absolute atomic E-state index is 12.4. The Morgan fingerprint density at radius 3 is 2.30 bits per heavy atom. The van der Waals surface area contributed by atoms with E-state index in [2.05, 4.69) is 28.7 Å². The Morgan fingerprint density at radius 1 is 0.879 bits per heavy atom. The molecule has 0 aliphatic carbocycles. The lowest BCUT2D eigenvalue weighted by Crippen LogP contribution is -2.17. The maximum Gasteiger partial charge on any atom is 0.271 e. The minimum atomic E-state index is -0.256. The number of hydrogen-bond donors (Lipinski definition) is 1. The molecule has 0 aliphatic heterocycles. The number of ether oxygens (including phenoxy) is 1. The van der Waals surface area contributed by atoms with E-state index in [9.17, 15) is 4.79 Å². The third kappa shape index (κ3) is 6.11. The van der Waals surface area contributed by atoms with Crippen molar-refractivity contribution in [2.45, 2.75) is 11.5 Å².